The number of rotatable bonds is 6. The highest BCUT2D eigenvalue weighted by atomic mass is 16.6. The lowest BCUT2D eigenvalue weighted by Gasteiger charge is -2.42. The number of ketones is 3. The molecule has 1 aliphatic carbocycles. The van der Waals surface area contributed by atoms with Gasteiger partial charge in [-0.2, -0.15) is 0 Å². The number of esters is 1. The molecule has 3 aliphatic heterocycles. The number of methoxy groups -OCH3 is 3. The van der Waals surface area contributed by atoms with E-state index in [0.29, 0.717) is 63.4 Å². The molecule has 14 heteroatoms. The number of ether oxygens (including phenoxy) is 5. The van der Waals surface area contributed by atoms with Gasteiger partial charge < -0.3 is 43.9 Å². The first-order chi connectivity index (χ1) is 31.1. The van der Waals surface area contributed by atoms with E-state index < -0.39 is 83.9 Å². The van der Waals surface area contributed by atoms with Gasteiger partial charge in [-0.3, -0.25) is 19.2 Å². The number of amides is 1. The fourth-order valence-corrected chi connectivity index (χ4v) is 10.8. The van der Waals surface area contributed by atoms with Crippen LogP contribution in [-0.2, 0) is 47.7 Å². The van der Waals surface area contributed by atoms with Crippen LogP contribution in [0.4, 0.5) is 0 Å². The Hall–Kier alpha value is -3.11. The van der Waals surface area contributed by atoms with Crippen LogP contribution in [0, 0.1) is 41.4 Å². The second-order valence-electron chi connectivity index (χ2n) is 20.5. The topological polar surface area (TPSA) is 195 Å². The van der Waals surface area contributed by atoms with Gasteiger partial charge in [-0.15, -0.1) is 0 Å². The first-order valence-electron chi connectivity index (χ1n) is 24.7. The van der Waals surface area contributed by atoms with Crippen molar-refractivity contribution in [2.24, 2.45) is 41.4 Å². The fourth-order valence-electron chi connectivity index (χ4n) is 10.8. The zero-order valence-electron chi connectivity index (χ0n) is 41.7. The molecule has 3 N–H and O–H groups in total. The number of nitrogens with zero attached hydrogens (tertiary/aromatic N) is 1. The number of cyclic esters (lactones) is 1. The lowest BCUT2D eigenvalue weighted by molar-refractivity contribution is -0.265. The molecular weight excluding hydrogens is 847 g/mol. The third kappa shape index (κ3) is 14.5. The molecule has 3 fully saturated rings. The number of hydrogen-bond donors (Lipinski definition) is 3. The van der Waals surface area contributed by atoms with Crippen LogP contribution in [-0.4, -0.2) is 132 Å². The molecule has 14 nitrogen and oxygen atoms in total. The second-order valence-corrected chi connectivity index (χ2v) is 20.5. The van der Waals surface area contributed by atoms with E-state index in [4.69, 9.17) is 23.7 Å². The van der Waals surface area contributed by atoms with E-state index in [-0.39, 0.29) is 60.7 Å². The summed E-state index contributed by atoms with van der Waals surface area (Å²) in [4.78, 5) is 72.0. The van der Waals surface area contributed by atoms with Crippen molar-refractivity contribution < 1.29 is 63.0 Å². The SMILES string of the molecule is CO[C@H]1C[C@@H]2CC[C@@H](C)[C@@](O)(O2)C(=O)C(=O)N2CCCC[C@H]2C(=O)O[C@H]([C@H](C)C[C@@H]2CC[C@@H](O)[C@H](OC)C2)CC(=O)[C@H](C)/C=C(\C)[C@@H](O)[C@@H](OC)C(=O)[C@H](C)C[C@H](C)CC(C)C=CC=C1C. The van der Waals surface area contributed by atoms with E-state index in [0.717, 1.165) is 18.4 Å². The van der Waals surface area contributed by atoms with Crippen LogP contribution in [0.25, 0.3) is 0 Å². The smallest absolute Gasteiger partial charge is 0.329 e. The van der Waals surface area contributed by atoms with Crippen LogP contribution in [0.3, 0.4) is 0 Å². The number of Topliss-reactive ketones (excluding diaryl/α,β-unsaturated/α-hetero) is 3. The van der Waals surface area contributed by atoms with Gasteiger partial charge >= 0.3 is 5.97 Å². The molecule has 16 atom stereocenters. The Morgan fingerprint density at radius 1 is 0.848 bits per heavy atom. The molecule has 4 rings (SSSR count). The third-order valence-corrected chi connectivity index (χ3v) is 15.1. The number of piperidine rings is 1. The zero-order chi connectivity index (χ0) is 49.0. The summed E-state index contributed by atoms with van der Waals surface area (Å²) < 4.78 is 29.5. The molecular formula is C52H83NO13. The van der Waals surface area contributed by atoms with Crippen molar-refractivity contribution in [1.82, 2.24) is 4.90 Å². The lowest BCUT2D eigenvalue weighted by Crippen LogP contribution is -2.61. The Morgan fingerprint density at radius 2 is 1.56 bits per heavy atom. The summed E-state index contributed by atoms with van der Waals surface area (Å²) in [6.45, 7) is 15.1. The van der Waals surface area contributed by atoms with Crippen molar-refractivity contribution >= 4 is 29.2 Å². The van der Waals surface area contributed by atoms with E-state index in [9.17, 15) is 39.3 Å². The van der Waals surface area contributed by atoms with Gasteiger partial charge in [-0.05, 0) is 119 Å². The number of aliphatic hydroxyl groups excluding tert-OH is 2. The minimum absolute atomic E-state index is 0.0914. The number of fused-ring (bicyclic) bond motifs is 3. The maximum absolute atomic E-state index is 14.4. The Bertz CT molecular complexity index is 1740. The molecule has 0 aromatic heterocycles. The van der Waals surface area contributed by atoms with Crippen LogP contribution in [0.5, 0.6) is 0 Å². The summed E-state index contributed by atoms with van der Waals surface area (Å²) in [7, 11) is 4.56. The van der Waals surface area contributed by atoms with Crippen LogP contribution >= 0.6 is 0 Å². The Labute approximate surface area is 394 Å². The zero-order valence-corrected chi connectivity index (χ0v) is 41.7. The molecule has 4 aliphatic rings. The normalized spacial score (nSPS) is 39.6. The van der Waals surface area contributed by atoms with Crippen LogP contribution in [0.1, 0.15) is 139 Å². The van der Waals surface area contributed by atoms with Gasteiger partial charge in [0, 0.05) is 58.5 Å². The highest BCUT2D eigenvalue weighted by molar-refractivity contribution is 6.39. The predicted octanol–water partition coefficient (Wildman–Crippen LogP) is 6.65. The third-order valence-electron chi connectivity index (χ3n) is 15.1. The van der Waals surface area contributed by atoms with Crippen molar-refractivity contribution in [2.75, 3.05) is 27.9 Å². The number of carbonyl (C=O) groups is 5. The molecule has 66 heavy (non-hydrogen) atoms. The summed E-state index contributed by atoms with van der Waals surface area (Å²) in [6, 6.07) is -1.14. The lowest BCUT2D eigenvalue weighted by atomic mass is 9.78. The van der Waals surface area contributed by atoms with Crippen molar-refractivity contribution in [3.8, 4) is 0 Å². The molecule has 2 saturated heterocycles. The average Bonchev–Trinajstić information content (AvgIpc) is 3.28. The quantitative estimate of drug-likeness (QED) is 0.146. The molecule has 0 radical (unpaired) electrons. The maximum Gasteiger partial charge on any atom is 0.329 e. The number of aliphatic hydroxyl groups is 3. The molecule has 0 aromatic rings. The van der Waals surface area contributed by atoms with E-state index in [1.807, 2.05) is 32.9 Å². The summed E-state index contributed by atoms with van der Waals surface area (Å²) in [5.41, 5.74) is 1.31. The summed E-state index contributed by atoms with van der Waals surface area (Å²) in [5.74, 6) is -7.50. The largest absolute Gasteiger partial charge is 0.460 e. The predicted molar refractivity (Wildman–Crippen MR) is 250 cm³/mol. The summed E-state index contributed by atoms with van der Waals surface area (Å²) in [6.07, 6.45) is 8.69. The highest BCUT2D eigenvalue weighted by Gasteiger charge is 2.53. The van der Waals surface area contributed by atoms with Crippen LogP contribution < -0.4 is 0 Å². The van der Waals surface area contributed by atoms with Gasteiger partial charge in [0.1, 0.15) is 30.1 Å². The van der Waals surface area contributed by atoms with E-state index in [1.165, 1.54) is 12.0 Å². The van der Waals surface area contributed by atoms with Crippen LogP contribution in [0.2, 0.25) is 0 Å². The molecule has 1 amide bonds. The first kappa shape index (κ1) is 55.5. The summed E-state index contributed by atoms with van der Waals surface area (Å²) in [5, 5.41) is 33.9. The van der Waals surface area contributed by atoms with Gasteiger partial charge in [0.2, 0.25) is 5.79 Å². The van der Waals surface area contributed by atoms with Gasteiger partial charge in [-0.1, -0.05) is 65.8 Å². The molecule has 374 valence electrons. The van der Waals surface area contributed by atoms with Gasteiger partial charge in [0.05, 0.1) is 24.4 Å². The maximum atomic E-state index is 14.4. The number of hydrogen-bond acceptors (Lipinski definition) is 13. The Kier molecular flexibility index (Phi) is 21.4. The summed E-state index contributed by atoms with van der Waals surface area (Å²) >= 11 is 0. The molecule has 0 spiro atoms. The van der Waals surface area contributed by atoms with E-state index >= 15 is 0 Å². The number of allylic oxidation sites excluding steroid dienone is 4. The fraction of sp³-hybridized carbons (Fsp3) is 0.788. The number of carbonyl (C=O) groups excluding carboxylic acids is 5. The second kappa shape index (κ2) is 25.5. The molecule has 3 heterocycles. The van der Waals surface area contributed by atoms with Crippen molar-refractivity contribution in [3.63, 3.8) is 0 Å². The Morgan fingerprint density at radius 3 is 2.23 bits per heavy atom. The van der Waals surface area contributed by atoms with Crippen molar-refractivity contribution in [2.45, 2.75) is 193 Å². The Balaban J connectivity index is 1.70. The molecule has 0 aromatic carbocycles. The molecule has 1 saturated carbocycles. The van der Waals surface area contributed by atoms with Gasteiger partial charge in [0.25, 0.3) is 11.7 Å². The van der Waals surface area contributed by atoms with E-state index in [2.05, 4.69) is 19.9 Å². The minimum Gasteiger partial charge on any atom is -0.460 e. The standard InChI is InChI=1S/C52H83NO13/c1-30-15-14-16-32(3)43(62-9)28-39-20-18-37(8)52(61,66-39)49(58)50(59)53-22-13-12-17-40(53)51(60)65-44(34(5)26-38-19-21-41(54)45(27-38)63-10)29-42(55)33(4)25-36(7)47(57)48(64-11)46(56)35(6)24-31(2)23-30/h14-16,25,30-31,33-35,37-41,43-45,47-48,54,57,61H,12-13,17-24,26-29H2,1-11H3/b15-14?,32-16?,36-25+/t30?,31-,33-,34-,35-,37-,38+,39+,40+,41-,43+,44+,45-,47-,48+,52-/m1/s1. The molecule has 1 unspecified atom stereocenters. The van der Waals surface area contributed by atoms with Crippen molar-refractivity contribution in [3.05, 3.63) is 35.5 Å². The highest BCUT2D eigenvalue weighted by Crippen LogP contribution is 2.38. The van der Waals surface area contributed by atoms with E-state index in [1.54, 1.807) is 41.1 Å². The van der Waals surface area contributed by atoms with Crippen molar-refractivity contribution in [1.29, 1.82) is 0 Å². The monoisotopic (exact) mass is 930 g/mol. The van der Waals surface area contributed by atoms with Gasteiger partial charge in [-0.25, -0.2) is 4.79 Å². The van der Waals surface area contributed by atoms with Gasteiger partial charge in [0.15, 0.2) is 5.78 Å². The molecule has 2 bridgehead atoms. The van der Waals surface area contributed by atoms with Crippen LogP contribution in [0.15, 0.2) is 35.5 Å². The average molecular weight is 930 g/mol. The minimum atomic E-state index is -2.42. The first-order valence-corrected chi connectivity index (χ1v) is 24.7.